The van der Waals surface area contributed by atoms with Crippen molar-refractivity contribution in [2.24, 2.45) is 0 Å². The molecule has 0 heterocycles. The predicted molar refractivity (Wildman–Crippen MR) is 88.6 cm³/mol. The molecule has 0 aromatic heterocycles. The van der Waals surface area contributed by atoms with E-state index in [-0.39, 0.29) is 11.6 Å². The number of amides is 1. The van der Waals surface area contributed by atoms with Gasteiger partial charge in [-0.25, -0.2) is 8.42 Å². The fraction of sp³-hybridized carbons (Fsp3) is 0.588. The van der Waals surface area contributed by atoms with Gasteiger partial charge >= 0.3 is 6.18 Å². The normalized spacial score (nSPS) is 16.6. The Morgan fingerprint density at radius 1 is 1.20 bits per heavy atom. The fourth-order valence-corrected chi connectivity index (χ4v) is 4.47. The monoisotopic (exact) mass is 377 g/mol. The van der Waals surface area contributed by atoms with Crippen molar-refractivity contribution in [3.8, 4) is 0 Å². The van der Waals surface area contributed by atoms with E-state index in [1.807, 2.05) is 0 Å². The van der Waals surface area contributed by atoms with Crippen LogP contribution in [0, 0.1) is 0 Å². The van der Waals surface area contributed by atoms with E-state index in [1.54, 1.807) is 7.05 Å². The number of sulfone groups is 1. The smallest absolute Gasteiger partial charge is 0.342 e. The molecule has 8 heteroatoms. The highest BCUT2D eigenvalue weighted by atomic mass is 32.2. The minimum atomic E-state index is -4.53. The first kappa shape index (κ1) is 19.8. The molecule has 4 nitrogen and oxygen atoms in total. The zero-order valence-corrected chi connectivity index (χ0v) is 14.9. The van der Waals surface area contributed by atoms with Crippen LogP contribution in [-0.4, -0.2) is 38.1 Å². The summed E-state index contributed by atoms with van der Waals surface area (Å²) >= 11 is 0. The van der Waals surface area contributed by atoms with E-state index in [0.29, 0.717) is 0 Å². The highest BCUT2D eigenvalue weighted by Gasteiger charge is 2.31. The van der Waals surface area contributed by atoms with Crippen LogP contribution in [0.5, 0.6) is 0 Å². The van der Waals surface area contributed by atoms with Gasteiger partial charge in [0.2, 0.25) is 5.91 Å². The van der Waals surface area contributed by atoms with E-state index in [4.69, 9.17) is 0 Å². The van der Waals surface area contributed by atoms with E-state index in [0.717, 1.165) is 44.2 Å². The Bertz CT molecular complexity index is 710. The summed E-state index contributed by atoms with van der Waals surface area (Å²) in [6, 6.07) is 4.24. The highest BCUT2D eigenvalue weighted by Crippen LogP contribution is 2.30. The SMILES string of the molecule is CN(C(=O)CS(=O)(=O)Cc1cccc(C(F)(F)F)c1)C1CCCCC1. The molecule has 1 saturated carbocycles. The summed E-state index contributed by atoms with van der Waals surface area (Å²) in [7, 11) is -2.24. The number of alkyl halides is 3. The molecule has 0 saturated heterocycles. The molecule has 0 N–H and O–H groups in total. The molecule has 1 fully saturated rings. The van der Waals surface area contributed by atoms with Crippen molar-refractivity contribution < 1.29 is 26.4 Å². The maximum atomic E-state index is 12.7. The van der Waals surface area contributed by atoms with Crippen molar-refractivity contribution >= 4 is 15.7 Å². The third-order valence-electron chi connectivity index (χ3n) is 4.50. The van der Waals surface area contributed by atoms with Crippen LogP contribution in [0.1, 0.15) is 43.2 Å². The van der Waals surface area contributed by atoms with Gasteiger partial charge in [0.15, 0.2) is 9.84 Å². The Kier molecular flexibility index (Phi) is 6.13. The Hall–Kier alpha value is -1.57. The summed E-state index contributed by atoms with van der Waals surface area (Å²) in [5.74, 6) is -1.77. The number of benzene rings is 1. The van der Waals surface area contributed by atoms with Gasteiger partial charge in [-0.05, 0) is 24.5 Å². The van der Waals surface area contributed by atoms with Crippen molar-refractivity contribution in [1.29, 1.82) is 0 Å². The molecule has 0 bridgehead atoms. The summed E-state index contributed by atoms with van der Waals surface area (Å²) < 4.78 is 62.6. The van der Waals surface area contributed by atoms with E-state index >= 15 is 0 Å². The summed E-state index contributed by atoms with van der Waals surface area (Å²) in [4.78, 5) is 13.7. The maximum absolute atomic E-state index is 12.7. The second kappa shape index (κ2) is 7.76. The molecule has 1 amide bonds. The van der Waals surface area contributed by atoms with Crippen molar-refractivity contribution in [2.45, 2.75) is 50.1 Å². The van der Waals surface area contributed by atoms with E-state index in [9.17, 15) is 26.4 Å². The predicted octanol–water partition coefficient (Wildman–Crippen LogP) is 3.41. The summed E-state index contributed by atoms with van der Waals surface area (Å²) in [5, 5.41) is 0. The quantitative estimate of drug-likeness (QED) is 0.790. The largest absolute Gasteiger partial charge is 0.416 e. The van der Waals surface area contributed by atoms with Crippen LogP contribution in [0.25, 0.3) is 0 Å². The molecule has 0 aliphatic heterocycles. The molecular formula is C17H22F3NO3S. The van der Waals surface area contributed by atoms with Gasteiger partial charge in [-0.2, -0.15) is 13.2 Å². The molecule has 0 spiro atoms. The minimum absolute atomic E-state index is 0.0305. The Balaban J connectivity index is 2.03. The second-order valence-corrected chi connectivity index (χ2v) is 8.59. The van der Waals surface area contributed by atoms with Crippen molar-refractivity contribution in [3.05, 3.63) is 35.4 Å². The van der Waals surface area contributed by atoms with Crippen LogP contribution in [0.15, 0.2) is 24.3 Å². The standard InChI is InChI=1S/C17H22F3NO3S/c1-21(15-8-3-2-4-9-15)16(22)12-25(23,24)11-13-6-5-7-14(10-13)17(18,19)20/h5-7,10,15H,2-4,8-9,11-12H2,1H3. The van der Waals surface area contributed by atoms with Crippen LogP contribution in [-0.2, 0) is 26.6 Å². The zero-order chi connectivity index (χ0) is 18.7. The Labute approximate surface area is 145 Å². The lowest BCUT2D eigenvalue weighted by molar-refractivity contribution is -0.137. The average Bonchev–Trinajstić information content (AvgIpc) is 2.53. The van der Waals surface area contributed by atoms with E-state index in [1.165, 1.54) is 17.0 Å². The average molecular weight is 377 g/mol. The van der Waals surface area contributed by atoms with Crippen LogP contribution >= 0.6 is 0 Å². The Morgan fingerprint density at radius 3 is 2.44 bits per heavy atom. The van der Waals surface area contributed by atoms with Gasteiger partial charge in [-0.15, -0.1) is 0 Å². The number of rotatable bonds is 5. The fourth-order valence-electron chi connectivity index (χ4n) is 3.10. The lowest BCUT2D eigenvalue weighted by Crippen LogP contribution is -2.41. The maximum Gasteiger partial charge on any atom is 0.416 e. The summed E-state index contributed by atoms with van der Waals surface area (Å²) in [6.45, 7) is 0. The first-order chi connectivity index (χ1) is 11.6. The van der Waals surface area contributed by atoms with Crippen LogP contribution < -0.4 is 0 Å². The van der Waals surface area contributed by atoms with Crippen LogP contribution in [0.4, 0.5) is 13.2 Å². The van der Waals surface area contributed by atoms with Crippen molar-refractivity contribution in [2.75, 3.05) is 12.8 Å². The topological polar surface area (TPSA) is 54.5 Å². The van der Waals surface area contributed by atoms with Gasteiger partial charge in [0.25, 0.3) is 0 Å². The third-order valence-corrected chi connectivity index (χ3v) is 5.96. The highest BCUT2D eigenvalue weighted by molar-refractivity contribution is 7.91. The molecule has 0 radical (unpaired) electrons. The van der Waals surface area contributed by atoms with E-state index in [2.05, 4.69) is 0 Å². The van der Waals surface area contributed by atoms with Gasteiger partial charge in [-0.3, -0.25) is 4.79 Å². The summed E-state index contributed by atoms with van der Waals surface area (Å²) in [6.07, 6.45) is 0.327. The zero-order valence-electron chi connectivity index (χ0n) is 14.1. The van der Waals surface area contributed by atoms with Crippen molar-refractivity contribution in [3.63, 3.8) is 0 Å². The van der Waals surface area contributed by atoms with Gasteiger partial charge in [0.05, 0.1) is 11.3 Å². The van der Waals surface area contributed by atoms with Crippen LogP contribution in [0.3, 0.4) is 0 Å². The molecule has 1 aromatic carbocycles. The molecule has 140 valence electrons. The number of hydrogen-bond acceptors (Lipinski definition) is 3. The van der Waals surface area contributed by atoms with Gasteiger partial charge < -0.3 is 4.90 Å². The molecule has 1 aliphatic rings. The van der Waals surface area contributed by atoms with Gasteiger partial charge in [0.1, 0.15) is 5.75 Å². The lowest BCUT2D eigenvalue weighted by atomic mass is 9.94. The molecule has 1 aromatic rings. The molecule has 25 heavy (non-hydrogen) atoms. The first-order valence-electron chi connectivity index (χ1n) is 8.21. The third kappa shape index (κ3) is 5.73. The van der Waals surface area contributed by atoms with Crippen molar-refractivity contribution in [1.82, 2.24) is 4.90 Å². The molecule has 1 aliphatic carbocycles. The molecular weight excluding hydrogens is 355 g/mol. The van der Waals surface area contributed by atoms with Gasteiger partial charge in [-0.1, -0.05) is 37.5 Å². The van der Waals surface area contributed by atoms with Crippen LogP contribution in [0.2, 0.25) is 0 Å². The molecule has 0 atom stereocenters. The Morgan fingerprint density at radius 2 is 1.84 bits per heavy atom. The number of carbonyl (C=O) groups is 1. The lowest BCUT2D eigenvalue weighted by Gasteiger charge is -2.31. The molecule has 0 unspecified atom stereocenters. The van der Waals surface area contributed by atoms with E-state index < -0.39 is 39.0 Å². The number of carbonyl (C=O) groups excluding carboxylic acids is 1. The molecule has 2 rings (SSSR count). The summed E-state index contributed by atoms with van der Waals surface area (Å²) in [5.41, 5.74) is -0.867. The first-order valence-corrected chi connectivity index (χ1v) is 10.0. The second-order valence-electron chi connectivity index (χ2n) is 6.53. The number of nitrogens with zero attached hydrogens (tertiary/aromatic N) is 1. The number of hydrogen-bond donors (Lipinski definition) is 0. The minimum Gasteiger partial charge on any atom is -0.342 e. The number of halogens is 3. The van der Waals surface area contributed by atoms with Gasteiger partial charge in [0, 0.05) is 13.1 Å².